The Bertz CT molecular complexity index is 873. The summed E-state index contributed by atoms with van der Waals surface area (Å²) in [6, 6.07) is 11.4. The van der Waals surface area contributed by atoms with Crippen LogP contribution < -0.4 is 10.2 Å². The van der Waals surface area contributed by atoms with Gasteiger partial charge in [-0.3, -0.25) is 9.59 Å². The molecule has 0 saturated carbocycles. The minimum Gasteiger partial charge on any atom is -0.455 e. The number of rotatable bonds is 5. The van der Waals surface area contributed by atoms with Gasteiger partial charge in [-0.2, -0.15) is 0 Å². The van der Waals surface area contributed by atoms with E-state index in [1.54, 1.807) is 4.90 Å². The zero-order valence-electron chi connectivity index (χ0n) is 12.9. The van der Waals surface area contributed by atoms with Crippen molar-refractivity contribution in [2.24, 2.45) is 0 Å². The predicted octanol–water partition coefficient (Wildman–Crippen LogP) is 0.969. The summed E-state index contributed by atoms with van der Waals surface area (Å²) in [6.45, 7) is 0.380. The lowest BCUT2D eigenvalue weighted by atomic mass is 10.1. The molecule has 1 saturated heterocycles. The Labute approximate surface area is 139 Å². The molecule has 3 rings (SSSR count). The molecule has 0 radical (unpaired) electrons. The number of para-hydroxylation sites is 1. The number of furan rings is 1. The Balaban J connectivity index is 1.60. The second-order valence-electron chi connectivity index (χ2n) is 5.65. The van der Waals surface area contributed by atoms with Gasteiger partial charge in [0, 0.05) is 11.9 Å². The maximum atomic E-state index is 12.1. The third kappa shape index (κ3) is 3.48. The summed E-state index contributed by atoms with van der Waals surface area (Å²) in [5, 5.41) is 2.58. The van der Waals surface area contributed by atoms with Crippen molar-refractivity contribution in [2.45, 2.75) is 11.8 Å². The molecule has 0 spiro atoms. The lowest BCUT2D eigenvalue weighted by molar-refractivity contribution is -0.124. The molecule has 0 unspecified atom stereocenters. The number of nitrogens with zero attached hydrogens (tertiary/aromatic N) is 1. The highest BCUT2D eigenvalue weighted by atomic mass is 32.2. The van der Waals surface area contributed by atoms with Crippen molar-refractivity contribution < 1.29 is 22.4 Å². The van der Waals surface area contributed by atoms with Crippen LogP contribution in [0.5, 0.6) is 0 Å². The van der Waals surface area contributed by atoms with Crippen molar-refractivity contribution in [3.8, 4) is 0 Å². The summed E-state index contributed by atoms with van der Waals surface area (Å²) in [5.74, 6) is -0.837. The average Bonchev–Trinajstić information content (AvgIpc) is 2.97. The van der Waals surface area contributed by atoms with Gasteiger partial charge in [-0.1, -0.05) is 18.2 Å². The molecule has 2 heterocycles. The molecule has 1 atom stereocenters. The molecule has 2 aromatic rings. The quantitative estimate of drug-likeness (QED) is 0.812. The predicted molar refractivity (Wildman–Crippen MR) is 87.3 cm³/mol. The number of amides is 2. The van der Waals surface area contributed by atoms with E-state index in [1.807, 2.05) is 30.3 Å². The van der Waals surface area contributed by atoms with Crippen LogP contribution in [0, 0.1) is 0 Å². The Hall–Kier alpha value is -2.61. The molecule has 1 aromatic heterocycles. The second-order valence-corrected chi connectivity index (χ2v) is 7.79. The van der Waals surface area contributed by atoms with Crippen LogP contribution in [-0.4, -0.2) is 39.1 Å². The highest BCUT2D eigenvalue weighted by molar-refractivity contribution is 7.89. The van der Waals surface area contributed by atoms with Crippen molar-refractivity contribution in [3.05, 3.63) is 54.0 Å². The Morgan fingerprint density at radius 3 is 2.58 bits per heavy atom. The molecule has 1 aromatic carbocycles. The summed E-state index contributed by atoms with van der Waals surface area (Å²) in [6.07, 6.45) is 1.08. The van der Waals surface area contributed by atoms with E-state index in [-0.39, 0.29) is 23.2 Å². The highest BCUT2D eigenvalue weighted by Gasteiger charge is 2.39. The van der Waals surface area contributed by atoms with E-state index in [2.05, 4.69) is 5.32 Å². The number of carbonyl (C=O) groups excluding carboxylic acids is 2. The van der Waals surface area contributed by atoms with E-state index in [9.17, 15) is 18.0 Å². The van der Waals surface area contributed by atoms with Crippen LogP contribution >= 0.6 is 0 Å². The molecular weight excluding hydrogens is 332 g/mol. The van der Waals surface area contributed by atoms with Gasteiger partial charge < -0.3 is 14.6 Å². The van der Waals surface area contributed by atoms with Crippen molar-refractivity contribution in [3.63, 3.8) is 0 Å². The van der Waals surface area contributed by atoms with Gasteiger partial charge in [-0.25, -0.2) is 8.42 Å². The average molecular weight is 348 g/mol. The number of hydrogen-bond donors (Lipinski definition) is 1. The topological polar surface area (TPSA) is 96.7 Å². The fraction of sp³-hybridized carbons (Fsp3) is 0.250. The third-order valence-corrected chi connectivity index (χ3v) is 4.40. The summed E-state index contributed by atoms with van der Waals surface area (Å²) in [5.41, 5.74) is 0.779. The second kappa shape index (κ2) is 6.12. The lowest BCUT2D eigenvalue weighted by Crippen LogP contribution is -2.64. The van der Waals surface area contributed by atoms with E-state index in [0.29, 0.717) is 6.54 Å². The zero-order chi connectivity index (χ0) is 17.3. The van der Waals surface area contributed by atoms with Gasteiger partial charge in [0.1, 0.15) is 17.6 Å². The normalized spacial score (nSPS) is 17.5. The van der Waals surface area contributed by atoms with E-state index < -0.39 is 21.8 Å². The Morgan fingerprint density at radius 2 is 1.96 bits per heavy atom. The Morgan fingerprint density at radius 1 is 1.25 bits per heavy atom. The monoisotopic (exact) mass is 348 g/mol. The molecule has 8 heteroatoms. The van der Waals surface area contributed by atoms with Gasteiger partial charge >= 0.3 is 0 Å². The minimum atomic E-state index is -3.24. The van der Waals surface area contributed by atoms with Gasteiger partial charge in [0.2, 0.25) is 0 Å². The molecule has 2 amide bonds. The summed E-state index contributed by atoms with van der Waals surface area (Å²) in [7, 11) is -3.24. The SMILES string of the molecule is CS(=O)(=O)Cc1ccc(C(=O)N[C@H]2CN(c3ccccc3)C2=O)o1. The minimum absolute atomic E-state index is 0.0142. The van der Waals surface area contributed by atoms with Crippen molar-refractivity contribution >= 4 is 27.3 Å². The van der Waals surface area contributed by atoms with Crippen molar-refractivity contribution in [2.75, 3.05) is 17.7 Å². The summed E-state index contributed by atoms with van der Waals surface area (Å²) >= 11 is 0. The van der Waals surface area contributed by atoms with Crippen LogP contribution in [0.4, 0.5) is 5.69 Å². The molecule has 0 aliphatic carbocycles. The smallest absolute Gasteiger partial charge is 0.287 e. The molecular formula is C16H16N2O5S. The molecule has 7 nitrogen and oxygen atoms in total. The van der Waals surface area contributed by atoms with Crippen LogP contribution in [-0.2, 0) is 20.4 Å². The molecule has 24 heavy (non-hydrogen) atoms. The zero-order valence-corrected chi connectivity index (χ0v) is 13.7. The first kappa shape index (κ1) is 16.3. The molecule has 126 valence electrons. The molecule has 1 aliphatic heterocycles. The van der Waals surface area contributed by atoms with Gasteiger partial charge in [0.15, 0.2) is 15.6 Å². The van der Waals surface area contributed by atoms with E-state index in [4.69, 9.17) is 4.42 Å². The largest absolute Gasteiger partial charge is 0.455 e. The molecule has 1 aliphatic rings. The number of nitrogens with one attached hydrogen (secondary N) is 1. The first-order chi connectivity index (χ1) is 11.3. The van der Waals surface area contributed by atoms with Crippen LogP contribution in [0.2, 0.25) is 0 Å². The van der Waals surface area contributed by atoms with Gasteiger partial charge in [0.05, 0.1) is 6.54 Å². The van der Waals surface area contributed by atoms with Gasteiger partial charge in [0.25, 0.3) is 11.8 Å². The number of sulfone groups is 1. The summed E-state index contributed by atoms with van der Waals surface area (Å²) < 4.78 is 27.7. The van der Waals surface area contributed by atoms with E-state index in [0.717, 1.165) is 11.9 Å². The first-order valence-electron chi connectivity index (χ1n) is 7.27. The van der Waals surface area contributed by atoms with Crippen LogP contribution in [0.25, 0.3) is 0 Å². The fourth-order valence-electron chi connectivity index (χ4n) is 2.44. The third-order valence-electron chi connectivity index (χ3n) is 3.59. The molecule has 0 bridgehead atoms. The first-order valence-corrected chi connectivity index (χ1v) is 9.33. The van der Waals surface area contributed by atoms with E-state index in [1.165, 1.54) is 12.1 Å². The maximum Gasteiger partial charge on any atom is 0.287 e. The number of hydrogen-bond acceptors (Lipinski definition) is 5. The Kier molecular flexibility index (Phi) is 4.15. The van der Waals surface area contributed by atoms with Gasteiger partial charge in [-0.15, -0.1) is 0 Å². The standard InChI is InChI=1S/C16H16N2O5S/c1-24(21,22)10-12-7-8-14(23-12)15(19)17-13-9-18(16(13)20)11-5-3-2-4-6-11/h2-8,13H,9-10H2,1H3,(H,17,19)/t13-/m0/s1. The maximum absolute atomic E-state index is 12.1. The van der Waals surface area contributed by atoms with Crippen LogP contribution in [0.1, 0.15) is 16.3 Å². The van der Waals surface area contributed by atoms with Crippen molar-refractivity contribution in [1.82, 2.24) is 5.32 Å². The van der Waals surface area contributed by atoms with Crippen molar-refractivity contribution in [1.29, 1.82) is 0 Å². The van der Waals surface area contributed by atoms with Crippen LogP contribution in [0.15, 0.2) is 46.9 Å². The van der Waals surface area contributed by atoms with E-state index >= 15 is 0 Å². The molecule has 1 fully saturated rings. The number of carbonyl (C=O) groups is 2. The molecule has 1 N–H and O–H groups in total. The van der Waals surface area contributed by atoms with Crippen LogP contribution in [0.3, 0.4) is 0 Å². The summed E-state index contributed by atoms with van der Waals surface area (Å²) in [4.78, 5) is 25.8. The highest BCUT2D eigenvalue weighted by Crippen LogP contribution is 2.22. The lowest BCUT2D eigenvalue weighted by Gasteiger charge is -2.38. The fourth-order valence-corrected chi connectivity index (χ4v) is 3.11. The number of benzene rings is 1. The van der Waals surface area contributed by atoms with Gasteiger partial charge in [-0.05, 0) is 24.3 Å². The number of β-lactam (4-membered cyclic amide) rings is 1. The number of anilines is 1.